The maximum absolute atomic E-state index is 12.9. The van der Waals surface area contributed by atoms with Gasteiger partial charge < -0.3 is 14.4 Å². The summed E-state index contributed by atoms with van der Waals surface area (Å²) in [5, 5.41) is 0. The van der Waals surface area contributed by atoms with Crippen LogP contribution in [0.15, 0.2) is 24.3 Å². The third-order valence-electron chi connectivity index (χ3n) is 5.74. The van der Waals surface area contributed by atoms with Crippen LogP contribution in [-0.4, -0.2) is 62.5 Å². The van der Waals surface area contributed by atoms with Crippen LogP contribution in [0, 0.1) is 0 Å². The van der Waals surface area contributed by atoms with Crippen molar-refractivity contribution in [2.24, 2.45) is 0 Å². The molecule has 29 heavy (non-hydrogen) atoms. The third-order valence-corrected chi connectivity index (χ3v) is 7.49. The maximum atomic E-state index is 12.9. The molecular weight excluding hydrogens is 394 g/mol. The number of ether oxygens (including phenoxy) is 2. The average Bonchev–Trinajstić information content (AvgIpc) is 3.07. The molecule has 0 bridgehead atoms. The number of rotatable bonds is 7. The minimum absolute atomic E-state index is 0.00437. The molecule has 7 nitrogen and oxygen atoms in total. The fourth-order valence-corrected chi connectivity index (χ4v) is 6.04. The van der Waals surface area contributed by atoms with Crippen molar-refractivity contribution in [3.8, 4) is 5.75 Å². The Kier molecular flexibility index (Phi) is 7.16. The lowest BCUT2D eigenvalue weighted by Gasteiger charge is -2.38. The molecule has 1 aliphatic heterocycles. The summed E-state index contributed by atoms with van der Waals surface area (Å²) in [6.45, 7) is -0.360. The van der Waals surface area contributed by atoms with Crippen molar-refractivity contribution < 1.29 is 27.5 Å². The van der Waals surface area contributed by atoms with Crippen molar-refractivity contribution in [3.63, 3.8) is 0 Å². The third kappa shape index (κ3) is 5.72. The van der Waals surface area contributed by atoms with Crippen molar-refractivity contribution in [1.82, 2.24) is 4.90 Å². The van der Waals surface area contributed by atoms with Crippen LogP contribution in [0.1, 0.15) is 44.1 Å². The van der Waals surface area contributed by atoms with Gasteiger partial charge in [-0.05, 0) is 25.3 Å². The Balaban J connectivity index is 1.62. The summed E-state index contributed by atoms with van der Waals surface area (Å²) < 4.78 is 34.4. The zero-order chi connectivity index (χ0) is 20.9. The summed E-state index contributed by atoms with van der Waals surface area (Å²) >= 11 is 0. The van der Waals surface area contributed by atoms with Crippen LogP contribution < -0.4 is 4.74 Å². The monoisotopic (exact) mass is 423 g/mol. The Morgan fingerprint density at radius 1 is 1.07 bits per heavy atom. The number of carbonyl (C=O) groups excluding carboxylic acids is 2. The second-order valence-corrected chi connectivity index (χ2v) is 10.0. The number of para-hydroxylation sites is 1. The van der Waals surface area contributed by atoms with Crippen LogP contribution in [0.2, 0.25) is 0 Å². The topological polar surface area (TPSA) is 90.0 Å². The molecule has 2 fully saturated rings. The van der Waals surface area contributed by atoms with Crippen LogP contribution in [0.25, 0.3) is 0 Å². The molecule has 1 aromatic rings. The summed E-state index contributed by atoms with van der Waals surface area (Å²) in [5.41, 5.74) is 0.693. The zero-order valence-corrected chi connectivity index (χ0v) is 17.7. The molecule has 0 N–H and O–H groups in total. The van der Waals surface area contributed by atoms with Gasteiger partial charge in [0.15, 0.2) is 16.4 Å². The van der Waals surface area contributed by atoms with E-state index in [2.05, 4.69) is 0 Å². The molecule has 2 aliphatic rings. The first-order valence-electron chi connectivity index (χ1n) is 10.2. The van der Waals surface area contributed by atoms with Gasteiger partial charge in [-0.3, -0.25) is 9.59 Å². The first kappa shape index (κ1) is 21.6. The molecule has 1 saturated carbocycles. The number of methoxy groups -OCH3 is 1. The molecular formula is C21H29NO6S. The predicted octanol–water partition coefficient (Wildman–Crippen LogP) is 2.13. The Morgan fingerprint density at radius 2 is 1.79 bits per heavy atom. The van der Waals surface area contributed by atoms with E-state index < -0.39 is 15.8 Å². The fourth-order valence-electron chi connectivity index (χ4n) is 4.33. The molecule has 1 atom stereocenters. The Bertz CT molecular complexity index is 831. The minimum atomic E-state index is -3.11. The first-order valence-corrected chi connectivity index (χ1v) is 12.0. The quantitative estimate of drug-likeness (QED) is 0.624. The van der Waals surface area contributed by atoms with Gasteiger partial charge in [0.1, 0.15) is 5.75 Å². The Hall–Kier alpha value is -2.09. The summed E-state index contributed by atoms with van der Waals surface area (Å²) in [4.78, 5) is 26.9. The molecule has 3 rings (SSSR count). The van der Waals surface area contributed by atoms with E-state index >= 15 is 0 Å². The highest BCUT2D eigenvalue weighted by Gasteiger charge is 2.38. The van der Waals surface area contributed by atoms with Gasteiger partial charge in [0.2, 0.25) is 0 Å². The zero-order valence-electron chi connectivity index (χ0n) is 16.8. The number of nitrogens with zero attached hydrogens (tertiary/aromatic N) is 1. The summed E-state index contributed by atoms with van der Waals surface area (Å²) in [6.07, 6.45) is 5.41. The van der Waals surface area contributed by atoms with Crippen LogP contribution >= 0.6 is 0 Å². The summed E-state index contributed by atoms with van der Waals surface area (Å²) in [6, 6.07) is 6.88. The van der Waals surface area contributed by atoms with Gasteiger partial charge in [0, 0.05) is 17.6 Å². The predicted molar refractivity (Wildman–Crippen MR) is 108 cm³/mol. The van der Waals surface area contributed by atoms with Crippen molar-refractivity contribution in [2.45, 2.75) is 57.0 Å². The van der Waals surface area contributed by atoms with Crippen LogP contribution in [0.4, 0.5) is 0 Å². The highest BCUT2D eigenvalue weighted by atomic mass is 32.2. The van der Waals surface area contributed by atoms with Crippen molar-refractivity contribution in [1.29, 1.82) is 0 Å². The molecule has 0 aromatic heterocycles. The van der Waals surface area contributed by atoms with E-state index in [1.54, 1.807) is 17.0 Å². The number of sulfone groups is 1. The second kappa shape index (κ2) is 9.61. The molecule has 1 aromatic carbocycles. The second-order valence-electron chi connectivity index (χ2n) is 7.80. The number of esters is 1. The maximum Gasteiger partial charge on any atom is 0.310 e. The van der Waals surface area contributed by atoms with Gasteiger partial charge in [-0.1, -0.05) is 37.5 Å². The van der Waals surface area contributed by atoms with Crippen LogP contribution in [0.5, 0.6) is 5.75 Å². The molecule has 0 spiro atoms. The van der Waals surface area contributed by atoms with Crippen molar-refractivity contribution in [3.05, 3.63) is 29.8 Å². The minimum Gasteiger partial charge on any atom is -0.496 e. The molecule has 1 aliphatic carbocycles. The smallest absolute Gasteiger partial charge is 0.310 e. The van der Waals surface area contributed by atoms with Crippen LogP contribution in [-0.2, 0) is 30.6 Å². The van der Waals surface area contributed by atoms with Gasteiger partial charge in [0.25, 0.3) is 5.91 Å². The average molecular weight is 424 g/mol. The van der Waals surface area contributed by atoms with E-state index in [0.717, 1.165) is 32.1 Å². The van der Waals surface area contributed by atoms with E-state index in [1.807, 2.05) is 12.1 Å². The molecule has 1 unspecified atom stereocenters. The molecule has 1 heterocycles. The summed E-state index contributed by atoms with van der Waals surface area (Å²) in [7, 11) is -1.57. The van der Waals surface area contributed by atoms with E-state index in [1.165, 1.54) is 7.11 Å². The lowest BCUT2D eigenvalue weighted by molar-refractivity contribution is -0.154. The number of benzene rings is 1. The number of hydrogen-bond donors (Lipinski definition) is 0. The lowest BCUT2D eigenvalue weighted by Crippen LogP contribution is -2.50. The molecule has 0 radical (unpaired) electrons. The van der Waals surface area contributed by atoms with Gasteiger partial charge in [-0.25, -0.2) is 8.42 Å². The molecule has 1 saturated heterocycles. The summed E-state index contributed by atoms with van der Waals surface area (Å²) in [5.74, 6) is -0.0970. The van der Waals surface area contributed by atoms with Gasteiger partial charge in [0.05, 0.1) is 25.0 Å². The lowest BCUT2D eigenvalue weighted by atomic mass is 9.93. The van der Waals surface area contributed by atoms with E-state index in [9.17, 15) is 18.0 Å². The first-order chi connectivity index (χ1) is 13.9. The Labute approximate surface area is 172 Å². The van der Waals surface area contributed by atoms with Gasteiger partial charge >= 0.3 is 5.97 Å². The van der Waals surface area contributed by atoms with Gasteiger partial charge in [-0.2, -0.15) is 0 Å². The molecule has 8 heteroatoms. The number of carbonyl (C=O) groups is 2. The molecule has 160 valence electrons. The number of hydrogen-bond acceptors (Lipinski definition) is 6. The molecule has 1 amide bonds. The number of amides is 1. The Morgan fingerprint density at radius 3 is 2.45 bits per heavy atom. The highest BCUT2D eigenvalue weighted by Crippen LogP contribution is 2.28. The standard InChI is InChI=1S/C21H29NO6S/c1-27-19-10-6-5-7-16(19)13-21(24)28-14-20(23)22(17-8-3-2-4-9-17)18-11-12-29(25,26)15-18/h5-7,10,17-18H,2-4,8-9,11-15H2,1H3. The largest absolute Gasteiger partial charge is 0.496 e. The normalized spacial score (nSPS) is 21.5. The van der Waals surface area contributed by atoms with E-state index in [4.69, 9.17) is 9.47 Å². The van der Waals surface area contributed by atoms with Crippen molar-refractivity contribution >= 4 is 21.7 Å². The van der Waals surface area contributed by atoms with E-state index in [0.29, 0.717) is 17.7 Å². The fraction of sp³-hybridized carbons (Fsp3) is 0.619. The van der Waals surface area contributed by atoms with Crippen molar-refractivity contribution in [2.75, 3.05) is 25.2 Å². The SMILES string of the molecule is COc1ccccc1CC(=O)OCC(=O)N(C1CCCCC1)C1CCS(=O)(=O)C1. The highest BCUT2D eigenvalue weighted by molar-refractivity contribution is 7.91. The van der Waals surface area contributed by atoms with Gasteiger partial charge in [-0.15, -0.1) is 0 Å². The van der Waals surface area contributed by atoms with E-state index in [-0.39, 0.29) is 42.5 Å². The van der Waals surface area contributed by atoms with Crippen LogP contribution in [0.3, 0.4) is 0 Å².